The predicted molar refractivity (Wildman–Crippen MR) is 65.4 cm³/mol. The molecule has 0 aromatic carbocycles. The van der Waals surface area contributed by atoms with Crippen LogP contribution in [-0.4, -0.2) is 42.0 Å². The van der Waals surface area contributed by atoms with Gasteiger partial charge in [-0.2, -0.15) is 0 Å². The highest BCUT2D eigenvalue weighted by molar-refractivity contribution is 7.10. The molecular weight excluding hydrogens is 222 g/mol. The zero-order valence-electron chi connectivity index (χ0n) is 9.59. The van der Waals surface area contributed by atoms with E-state index >= 15 is 0 Å². The number of hydrogen-bond donors (Lipinski definition) is 1. The summed E-state index contributed by atoms with van der Waals surface area (Å²) < 4.78 is 0. The second kappa shape index (κ2) is 4.43. The van der Waals surface area contributed by atoms with Gasteiger partial charge in [-0.15, -0.1) is 11.3 Å². The number of urea groups is 1. The molecule has 1 aromatic rings. The molecule has 0 aliphatic carbocycles. The largest absolute Gasteiger partial charge is 0.328 e. The first kappa shape index (κ1) is 11.4. The molecule has 4 nitrogen and oxygen atoms in total. The van der Waals surface area contributed by atoms with Crippen molar-refractivity contribution in [2.24, 2.45) is 5.73 Å². The van der Waals surface area contributed by atoms with E-state index in [1.807, 2.05) is 30.3 Å². The fourth-order valence-corrected chi connectivity index (χ4v) is 2.84. The van der Waals surface area contributed by atoms with Crippen LogP contribution in [0.3, 0.4) is 0 Å². The van der Waals surface area contributed by atoms with Crippen LogP contribution in [0.5, 0.6) is 0 Å². The van der Waals surface area contributed by atoms with E-state index in [-0.39, 0.29) is 18.1 Å². The molecule has 0 spiro atoms. The highest BCUT2D eigenvalue weighted by Gasteiger charge is 2.37. The first-order valence-corrected chi connectivity index (χ1v) is 6.30. The van der Waals surface area contributed by atoms with Crippen LogP contribution in [0.4, 0.5) is 4.79 Å². The Morgan fingerprint density at radius 3 is 3.00 bits per heavy atom. The molecule has 0 saturated carbocycles. The van der Waals surface area contributed by atoms with E-state index in [1.165, 1.54) is 4.88 Å². The average molecular weight is 239 g/mol. The monoisotopic (exact) mass is 239 g/mol. The molecule has 88 valence electrons. The summed E-state index contributed by atoms with van der Waals surface area (Å²) in [7, 11) is 1.86. The topological polar surface area (TPSA) is 49.6 Å². The van der Waals surface area contributed by atoms with Crippen molar-refractivity contribution in [3.63, 3.8) is 0 Å². The minimum absolute atomic E-state index is 0.0800. The van der Waals surface area contributed by atoms with Gasteiger partial charge in [-0.05, 0) is 18.4 Å². The maximum atomic E-state index is 12.0. The Kier molecular flexibility index (Phi) is 3.16. The van der Waals surface area contributed by atoms with Crippen molar-refractivity contribution in [2.75, 3.05) is 20.1 Å². The van der Waals surface area contributed by atoms with E-state index in [1.54, 1.807) is 16.2 Å². The molecule has 5 heteroatoms. The van der Waals surface area contributed by atoms with Crippen LogP contribution in [-0.2, 0) is 0 Å². The number of amides is 2. The molecule has 1 aromatic heterocycles. The minimum Gasteiger partial charge on any atom is -0.328 e. The lowest BCUT2D eigenvalue weighted by atomic mass is 10.2. The second-order valence-electron chi connectivity index (χ2n) is 4.16. The lowest BCUT2D eigenvalue weighted by Crippen LogP contribution is -2.40. The van der Waals surface area contributed by atoms with Crippen molar-refractivity contribution in [1.29, 1.82) is 0 Å². The van der Waals surface area contributed by atoms with Gasteiger partial charge in [0.15, 0.2) is 0 Å². The molecule has 1 aliphatic rings. The summed E-state index contributed by atoms with van der Waals surface area (Å²) >= 11 is 1.70. The number of carbonyl (C=O) groups excluding carboxylic acids is 1. The molecule has 1 fully saturated rings. The third-order valence-electron chi connectivity index (χ3n) is 3.13. The molecule has 2 atom stereocenters. The Bertz CT molecular complexity index is 365. The predicted octanol–water partition coefficient (Wildman–Crippen LogP) is 1.50. The van der Waals surface area contributed by atoms with Gasteiger partial charge in [-0.25, -0.2) is 4.79 Å². The molecule has 2 rings (SSSR count). The Hall–Kier alpha value is -1.07. The van der Waals surface area contributed by atoms with Crippen LogP contribution in [0.25, 0.3) is 0 Å². The fraction of sp³-hybridized carbons (Fsp3) is 0.545. The standard InChI is InChI=1S/C11H17N3OS/c1-8(6-12)14-7-9(13(2)11(14)15)10-4-3-5-16-10/h3-5,8-9H,6-7,12H2,1-2H3. The maximum absolute atomic E-state index is 12.0. The number of nitrogens with two attached hydrogens (primary N) is 1. The number of rotatable bonds is 3. The van der Waals surface area contributed by atoms with Crippen molar-refractivity contribution in [3.8, 4) is 0 Å². The van der Waals surface area contributed by atoms with Crippen LogP contribution in [0, 0.1) is 0 Å². The summed E-state index contributed by atoms with van der Waals surface area (Å²) in [6.07, 6.45) is 0. The summed E-state index contributed by atoms with van der Waals surface area (Å²) in [6, 6.07) is 4.47. The Balaban J connectivity index is 2.17. The number of nitrogens with zero attached hydrogens (tertiary/aromatic N) is 2. The molecule has 2 amide bonds. The van der Waals surface area contributed by atoms with E-state index in [4.69, 9.17) is 5.73 Å². The quantitative estimate of drug-likeness (QED) is 0.869. The summed E-state index contributed by atoms with van der Waals surface area (Å²) in [5.74, 6) is 0. The first-order valence-electron chi connectivity index (χ1n) is 5.42. The van der Waals surface area contributed by atoms with Crippen molar-refractivity contribution >= 4 is 17.4 Å². The fourth-order valence-electron chi connectivity index (χ4n) is 1.98. The van der Waals surface area contributed by atoms with Crippen LogP contribution in [0.15, 0.2) is 17.5 Å². The van der Waals surface area contributed by atoms with Crippen LogP contribution in [0.1, 0.15) is 17.8 Å². The van der Waals surface area contributed by atoms with E-state index in [9.17, 15) is 4.79 Å². The van der Waals surface area contributed by atoms with Gasteiger partial charge in [0.25, 0.3) is 0 Å². The van der Waals surface area contributed by atoms with Gasteiger partial charge in [-0.3, -0.25) is 0 Å². The minimum atomic E-state index is 0.0800. The molecule has 0 bridgehead atoms. The SMILES string of the molecule is CC(CN)N1CC(c2cccs2)N(C)C1=O. The third kappa shape index (κ3) is 1.81. The summed E-state index contributed by atoms with van der Waals surface area (Å²) in [5, 5.41) is 2.04. The van der Waals surface area contributed by atoms with E-state index in [0.717, 1.165) is 6.54 Å². The highest BCUT2D eigenvalue weighted by atomic mass is 32.1. The van der Waals surface area contributed by atoms with E-state index < -0.39 is 0 Å². The lowest BCUT2D eigenvalue weighted by molar-refractivity contribution is 0.185. The molecule has 1 saturated heterocycles. The van der Waals surface area contributed by atoms with Crippen molar-refractivity contribution in [1.82, 2.24) is 9.80 Å². The van der Waals surface area contributed by atoms with Crippen molar-refractivity contribution in [2.45, 2.75) is 19.0 Å². The number of thiophene rings is 1. The summed E-state index contributed by atoms with van der Waals surface area (Å²) in [5.41, 5.74) is 5.61. The molecule has 0 radical (unpaired) electrons. The van der Waals surface area contributed by atoms with Gasteiger partial charge in [0, 0.05) is 31.1 Å². The van der Waals surface area contributed by atoms with Crippen LogP contribution >= 0.6 is 11.3 Å². The Labute approximate surface area is 99.6 Å². The molecular formula is C11H17N3OS. The highest BCUT2D eigenvalue weighted by Crippen LogP contribution is 2.31. The molecule has 2 heterocycles. The molecule has 16 heavy (non-hydrogen) atoms. The molecule has 1 aliphatic heterocycles. The van der Waals surface area contributed by atoms with Gasteiger partial charge in [0.05, 0.1) is 6.04 Å². The third-order valence-corrected chi connectivity index (χ3v) is 4.10. The van der Waals surface area contributed by atoms with Crippen LogP contribution in [0.2, 0.25) is 0 Å². The van der Waals surface area contributed by atoms with Crippen molar-refractivity contribution < 1.29 is 4.79 Å². The van der Waals surface area contributed by atoms with Gasteiger partial charge >= 0.3 is 6.03 Å². The van der Waals surface area contributed by atoms with Gasteiger partial charge in [0.2, 0.25) is 0 Å². The van der Waals surface area contributed by atoms with Gasteiger partial charge in [0.1, 0.15) is 0 Å². The average Bonchev–Trinajstić information content (AvgIpc) is 2.89. The lowest BCUT2D eigenvalue weighted by Gasteiger charge is -2.21. The van der Waals surface area contributed by atoms with E-state index in [2.05, 4.69) is 6.07 Å². The van der Waals surface area contributed by atoms with E-state index in [0.29, 0.717) is 6.54 Å². The molecule has 2 unspecified atom stereocenters. The zero-order valence-corrected chi connectivity index (χ0v) is 10.4. The summed E-state index contributed by atoms with van der Waals surface area (Å²) in [4.78, 5) is 16.9. The normalized spacial score (nSPS) is 22.9. The Morgan fingerprint density at radius 2 is 2.44 bits per heavy atom. The number of hydrogen-bond acceptors (Lipinski definition) is 3. The number of carbonyl (C=O) groups is 1. The van der Waals surface area contributed by atoms with Crippen LogP contribution < -0.4 is 5.73 Å². The zero-order chi connectivity index (χ0) is 11.7. The van der Waals surface area contributed by atoms with Gasteiger partial charge in [-0.1, -0.05) is 6.07 Å². The number of likely N-dealkylation sites (N-methyl/N-ethyl adjacent to an activating group) is 1. The summed E-state index contributed by atoms with van der Waals surface area (Å²) in [6.45, 7) is 3.24. The van der Waals surface area contributed by atoms with Crippen molar-refractivity contribution in [3.05, 3.63) is 22.4 Å². The second-order valence-corrected chi connectivity index (χ2v) is 5.14. The first-order chi connectivity index (χ1) is 7.65. The maximum Gasteiger partial charge on any atom is 0.320 e. The Morgan fingerprint density at radius 1 is 1.69 bits per heavy atom. The smallest absolute Gasteiger partial charge is 0.320 e. The van der Waals surface area contributed by atoms with Gasteiger partial charge < -0.3 is 15.5 Å². The molecule has 2 N–H and O–H groups in total.